The second-order valence-electron chi connectivity index (χ2n) is 4.39. The lowest BCUT2D eigenvalue weighted by Gasteiger charge is -2.06. The topological polar surface area (TPSA) is 68.7 Å². The summed E-state index contributed by atoms with van der Waals surface area (Å²) in [6.45, 7) is 0. The van der Waals surface area contributed by atoms with Gasteiger partial charge in [-0.15, -0.1) is 0 Å². The predicted octanol–water partition coefficient (Wildman–Crippen LogP) is 3.29. The third-order valence-electron chi connectivity index (χ3n) is 3.12. The van der Waals surface area contributed by atoms with Crippen LogP contribution in [0.2, 0.25) is 0 Å². The van der Waals surface area contributed by atoms with Crippen LogP contribution in [0, 0.1) is 11.3 Å². The van der Waals surface area contributed by atoms with E-state index >= 15 is 0 Å². The standard InChI is InChI=1S/C16H11N3O/c17-10-11-4-6-12(7-5-11)16(20)19-15-3-1-2-14-13(15)8-9-18-14/h1-9,18H,(H,19,20). The second-order valence-corrected chi connectivity index (χ2v) is 4.39. The zero-order valence-electron chi connectivity index (χ0n) is 10.6. The Morgan fingerprint density at radius 2 is 1.90 bits per heavy atom. The minimum Gasteiger partial charge on any atom is -0.361 e. The monoisotopic (exact) mass is 261 g/mol. The average molecular weight is 261 g/mol. The Hall–Kier alpha value is -3.06. The van der Waals surface area contributed by atoms with Crippen molar-refractivity contribution >= 4 is 22.5 Å². The molecule has 3 rings (SSSR count). The van der Waals surface area contributed by atoms with Crippen LogP contribution in [0.3, 0.4) is 0 Å². The highest BCUT2D eigenvalue weighted by atomic mass is 16.1. The smallest absolute Gasteiger partial charge is 0.255 e. The molecule has 2 aromatic carbocycles. The highest BCUT2D eigenvalue weighted by molar-refractivity contribution is 6.08. The summed E-state index contributed by atoms with van der Waals surface area (Å²) in [6.07, 6.45) is 1.84. The molecule has 0 spiro atoms. The number of carbonyl (C=O) groups is 1. The van der Waals surface area contributed by atoms with E-state index in [0.717, 1.165) is 16.6 Å². The summed E-state index contributed by atoms with van der Waals surface area (Å²) in [5.74, 6) is -0.191. The maximum Gasteiger partial charge on any atom is 0.255 e. The molecule has 0 unspecified atom stereocenters. The Morgan fingerprint density at radius 1 is 1.10 bits per heavy atom. The quantitative estimate of drug-likeness (QED) is 0.743. The number of rotatable bonds is 2. The van der Waals surface area contributed by atoms with Crippen LogP contribution in [0.25, 0.3) is 10.9 Å². The maximum atomic E-state index is 12.2. The number of hydrogen-bond donors (Lipinski definition) is 2. The molecule has 0 radical (unpaired) electrons. The van der Waals surface area contributed by atoms with E-state index in [0.29, 0.717) is 11.1 Å². The number of nitrogens with one attached hydrogen (secondary N) is 2. The SMILES string of the molecule is N#Cc1ccc(C(=O)Nc2cccc3[nH]ccc23)cc1. The number of H-pyrrole nitrogens is 1. The Balaban J connectivity index is 1.88. The van der Waals surface area contributed by atoms with E-state index in [1.165, 1.54) is 0 Å². The third kappa shape index (κ3) is 2.13. The van der Waals surface area contributed by atoms with Crippen molar-refractivity contribution in [2.45, 2.75) is 0 Å². The van der Waals surface area contributed by atoms with E-state index in [9.17, 15) is 4.79 Å². The number of nitrogens with zero attached hydrogens (tertiary/aromatic N) is 1. The van der Waals surface area contributed by atoms with Gasteiger partial charge < -0.3 is 10.3 Å². The lowest BCUT2D eigenvalue weighted by molar-refractivity contribution is 0.102. The molecule has 0 aliphatic carbocycles. The molecule has 0 aliphatic rings. The Labute approximate surface area is 115 Å². The van der Waals surface area contributed by atoms with Crippen molar-refractivity contribution in [3.05, 3.63) is 65.9 Å². The number of benzene rings is 2. The molecular formula is C16H11N3O. The van der Waals surface area contributed by atoms with Gasteiger partial charge in [0.25, 0.3) is 5.91 Å². The zero-order valence-corrected chi connectivity index (χ0v) is 10.6. The van der Waals surface area contributed by atoms with Crippen LogP contribution in [0.4, 0.5) is 5.69 Å². The first-order valence-corrected chi connectivity index (χ1v) is 6.15. The molecule has 1 heterocycles. The van der Waals surface area contributed by atoms with Gasteiger partial charge >= 0.3 is 0 Å². The molecule has 0 atom stereocenters. The van der Waals surface area contributed by atoms with Crippen LogP contribution in [0.15, 0.2) is 54.7 Å². The largest absolute Gasteiger partial charge is 0.361 e. The number of amides is 1. The van der Waals surface area contributed by atoms with Gasteiger partial charge in [-0.1, -0.05) is 6.07 Å². The number of aromatic amines is 1. The van der Waals surface area contributed by atoms with Crippen molar-refractivity contribution in [3.63, 3.8) is 0 Å². The predicted molar refractivity (Wildman–Crippen MR) is 77.4 cm³/mol. The van der Waals surface area contributed by atoms with Crippen LogP contribution in [-0.4, -0.2) is 10.9 Å². The third-order valence-corrected chi connectivity index (χ3v) is 3.12. The van der Waals surface area contributed by atoms with Gasteiger partial charge in [0.15, 0.2) is 0 Å². The summed E-state index contributed by atoms with van der Waals surface area (Å²) in [5.41, 5.74) is 2.80. The van der Waals surface area contributed by atoms with E-state index < -0.39 is 0 Å². The van der Waals surface area contributed by atoms with Gasteiger partial charge in [-0.2, -0.15) is 5.26 Å². The van der Waals surface area contributed by atoms with Crippen LogP contribution >= 0.6 is 0 Å². The summed E-state index contributed by atoms with van der Waals surface area (Å²) in [4.78, 5) is 15.3. The van der Waals surface area contributed by atoms with Gasteiger partial charge in [0.2, 0.25) is 0 Å². The maximum absolute atomic E-state index is 12.2. The van der Waals surface area contributed by atoms with Gasteiger partial charge in [0.05, 0.1) is 17.3 Å². The van der Waals surface area contributed by atoms with Gasteiger partial charge in [-0.05, 0) is 42.5 Å². The zero-order chi connectivity index (χ0) is 13.9. The first-order valence-electron chi connectivity index (χ1n) is 6.15. The van der Waals surface area contributed by atoms with Crippen molar-refractivity contribution in [1.82, 2.24) is 4.98 Å². The Bertz CT molecular complexity index is 810. The molecule has 0 bridgehead atoms. The van der Waals surface area contributed by atoms with Crippen molar-refractivity contribution in [1.29, 1.82) is 5.26 Å². The lowest BCUT2D eigenvalue weighted by atomic mass is 10.1. The number of aromatic nitrogens is 1. The van der Waals surface area contributed by atoms with E-state index in [4.69, 9.17) is 5.26 Å². The highest BCUT2D eigenvalue weighted by Crippen LogP contribution is 2.22. The van der Waals surface area contributed by atoms with E-state index in [1.807, 2.05) is 36.5 Å². The molecule has 96 valence electrons. The number of carbonyl (C=O) groups excluding carboxylic acids is 1. The lowest BCUT2D eigenvalue weighted by Crippen LogP contribution is -2.11. The fraction of sp³-hybridized carbons (Fsp3) is 0. The summed E-state index contributed by atoms with van der Waals surface area (Å²) in [7, 11) is 0. The number of hydrogen-bond acceptors (Lipinski definition) is 2. The fourth-order valence-corrected chi connectivity index (χ4v) is 2.09. The molecule has 3 aromatic rings. The van der Waals surface area contributed by atoms with Gasteiger partial charge in [-0.3, -0.25) is 4.79 Å². The number of nitriles is 1. The average Bonchev–Trinajstić information content (AvgIpc) is 2.97. The highest BCUT2D eigenvalue weighted by Gasteiger charge is 2.08. The van der Waals surface area contributed by atoms with Crippen molar-refractivity contribution in [3.8, 4) is 6.07 Å². The Morgan fingerprint density at radius 3 is 2.65 bits per heavy atom. The van der Waals surface area contributed by atoms with Crippen molar-refractivity contribution in [2.75, 3.05) is 5.32 Å². The molecule has 0 saturated heterocycles. The minimum absolute atomic E-state index is 0.191. The second kappa shape index (κ2) is 4.90. The van der Waals surface area contributed by atoms with E-state index in [2.05, 4.69) is 10.3 Å². The van der Waals surface area contributed by atoms with Crippen LogP contribution < -0.4 is 5.32 Å². The summed E-state index contributed by atoms with van der Waals surface area (Å²) in [5, 5.41) is 12.6. The molecule has 0 fully saturated rings. The Kier molecular flexibility index (Phi) is 2.94. The van der Waals surface area contributed by atoms with Crippen LogP contribution in [0.1, 0.15) is 15.9 Å². The summed E-state index contributed by atoms with van der Waals surface area (Å²) < 4.78 is 0. The first kappa shape index (κ1) is 12.0. The van der Waals surface area contributed by atoms with Gasteiger partial charge in [0, 0.05) is 22.7 Å². The van der Waals surface area contributed by atoms with E-state index in [1.54, 1.807) is 24.3 Å². The minimum atomic E-state index is -0.191. The molecule has 20 heavy (non-hydrogen) atoms. The van der Waals surface area contributed by atoms with Crippen LogP contribution in [-0.2, 0) is 0 Å². The van der Waals surface area contributed by atoms with E-state index in [-0.39, 0.29) is 5.91 Å². The molecule has 2 N–H and O–H groups in total. The molecule has 4 nitrogen and oxygen atoms in total. The number of fused-ring (bicyclic) bond motifs is 1. The normalized spacial score (nSPS) is 10.2. The molecular weight excluding hydrogens is 250 g/mol. The molecule has 4 heteroatoms. The summed E-state index contributed by atoms with van der Waals surface area (Å²) in [6, 6.07) is 16.2. The molecule has 1 aromatic heterocycles. The van der Waals surface area contributed by atoms with Crippen molar-refractivity contribution in [2.24, 2.45) is 0 Å². The van der Waals surface area contributed by atoms with Gasteiger partial charge in [0.1, 0.15) is 0 Å². The molecule has 0 aliphatic heterocycles. The molecule has 0 saturated carbocycles. The summed E-state index contributed by atoms with van der Waals surface area (Å²) >= 11 is 0. The first-order chi connectivity index (χ1) is 9.78. The fourth-order valence-electron chi connectivity index (χ4n) is 2.09. The van der Waals surface area contributed by atoms with Gasteiger partial charge in [-0.25, -0.2) is 0 Å². The molecule has 1 amide bonds. The van der Waals surface area contributed by atoms with Crippen molar-refractivity contribution < 1.29 is 4.79 Å². The number of anilines is 1. The van der Waals surface area contributed by atoms with Crippen LogP contribution in [0.5, 0.6) is 0 Å².